The van der Waals surface area contributed by atoms with Gasteiger partial charge in [0, 0.05) is 33.1 Å². The molecule has 0 saturated carbocycles. The first kappa shape index (κ1) is 24.7. The maximum Gasteiger partial charge on any atom is 0.286 e. The molecule has 0 atom stereocenters. The van der Waals surface area contributed by atoms with Gasteiger partial charge in [0.25, 0.3) is 11.1 Å². The van der Waals surface area contributed by atoms with Gasteiger partial charge >= 0.3 is 0 Å². The lowest BCUT2D eigenvalue weighted by Gasteiger charge is -2.20. The minimum atomic E-state index is -0.802. The predicted molar refractivity (Wildman–Crippen MR) is 171 cm³/mol. The zero-order chi connectivity index (χ0) is 29.7. The lowest BCUT2D eigenvalue weighted by Crippen LogP contribution is -2.30. The van der Waals surface area contributed by atoms with Crippen LogP contribution >= 0.6 is 0 Å². The Balaban J connectivity index is 1.44. The van der Waals surface area contributed by atoms with Crippen molar-refractivity contribution in [2.45, 2.75) is 19.3 Å². The number of fused-ring (bicyclic) bond motifs is 9. The number of hydrogen-bond acceptors (Lipinski definition) is 5. The number of nitrogens with zero attached hydrogens (tertiary/aromatic N) is 4. The molecule has 4 aromatic heterocycles. The summed E-state index contributed by atoms with van der Waals surface area (Å²) in [6.45, 7) is 3.98. The number of aromatic nitrogens is 4. The second-order valence-corrected chi connectivity index (χ2v) is 11.8. The van der Waals surface area contributed by atoms with Crippen LogP contribution in [-0.4, -0.2) is 19.0 Å². The van der Waals surface area contributed by atoms with E-state index in [9.17, 15) is 9.59 Å². The Morgan fingerprint density at radius 3 is 1.98 bits per heavy atom. The standard InChI is InChI=1S/C37H24N4O3/c1-37(2)28-30(27-29(22-15-8-4-9-16-22)38-33(39-32(27)37)23-17-10-5-11-18-23)40-36-26(34(42)41(40)35(28)43)25-20-12-19-24(31(25)44-36)21-13-6-3-7-14-21/h3-20H,1-2H3. The number of furan rings is 1. The zero-order valence-electron chi connectivity index (χ0n) is 23.9. The van der Waals surface area contributed by atoms with Gasteiger partial charge < -0.3 is 4.42 Å². The molecule has 0 unspecified atom stereocenters. The largest absolute Gasteiger partial charge is 0.437 e. The van der Waals surface area contributed by atoms with Crippen LogP contribution in [0, 0.1) is 0 Å². The first-order chi connectivity index (χ1) is 21.4. The summed E-state index contributed by atoms with van der Waals surface area (Å²) in [7, 11) is 0. The zero-order valence-corrected chi connectivity index (χ0v) is 23.9. The summed E-state index contributed by atoms with van der Waals surface area (Å²) < 4.78 is 9.48. The van der Waals surface area contributed by atoms with Gasteiger partial charge in [-0.2, -0.15) is 4.52 Å². The van der Waals surface area contributed by atoms with Crippen molar-refractivity contribution in [3.63, 3.8) is 0 Å². The van der Waals surface area contributed by atoms with Gasteiger partial charge in [0.05, 0.1) is 22.6 Å². The molecule has 4 aromatic carbocycles. The number of para-hydroxylation sites is 1. The van der Waals surface area contributed by atoms with Gasteiger partial charge in [0.1, 0.15) is 11.0 Å². The normalized spacial score (nSPS) is 13.6. The maximum atomic E-state index is 14.3. The van der Waals surface area contributed by atoms with Crippen LogP contribution in [0.5, 0.6) is 0 Å². The van der Waals surface area contributed by atoms with E-state index in [-0.39, 0.29) is 5.56 Å². The molecule has 7 heteroatoms. The van der Waals surface area contributed by atoms with Crippen molar-refractivity contribution < 1.29 is 4.42 Å². The summed E-state index contributed by atoms with van der Waals surface area (Å²) >= 11 is 0. The third kappa shape index (κ3) is 3.10. The maximum absolute atomic E-state index is 14.3. The van der Waals surface area contributed by atoms with E-state index in [1.807, 2.05) is 123 Å². The molecule has 0 spiro atoms. The van der Waals surface area contributed by atoms with Crippen LogP contribution in [0.2, 0.25) is 0 Å². The first-order valence-corrected chi connectivity index (χ1v) is 14.5. The fraction of sp³-hybridized carbons (Fsp3) is 0.0811. The molecule has 9 rings (SSSR count). The highest BCUT2D eigenvalue weighted by Crippen LogP contribution is 2.51. The van der Waals surface area contributed by atoms with Crippen LogP contribution in [-0.2, 0) is 5.41 Å². The fourth-order valence-electron chi connectivity index (χ4n) is 6.86. The molecule has 0 saturated heterocycles. The van der Waals surface area contributed by atoms with Crippen molar-refractivity contribution in [3.05, 3.63) is 141 Å². The summed E-state index contributed by atoms with van der Waals surface area (Å²) in [5.74, 6) is 0.580. The Bertz CT molecular complexity index is 2550. The number of rotatable bonds is 3. The SMILES string of the molecule is CC1(C)c2nc(-c3ccccc3)nc(-c3ccccc3)c2-c2c1c(=O)n1c(=O)c3c4cccc(-c5ccccc5)c4oc3n21. The summed E-state index contributed by atoms with van der Waals surface area (Å²) in [5.41, 5.74) is 6.28. The smallest absolute Gasteiger partial charge is 0.286 e. The summed E-state index contributed by atoms with van der Waals surface area (Å²) in [6, 6.07) is 35.5. The first-order valence-electron chi connectivity index (χ1n) is 14.5. The predicted octanol–water partition coefficient (Wildman–Crippen LogP) is 7.19. The van der Waals surface area contributed by atoms with Gasteiger partial charge in [-0.3, -0.25) is 9.59 Å². The van der Waals surface area contributed by atoms with Crippen molar-refractivity contribution in [2.24, 2.45) is 0 Å². The van der Waals surface area contributed by atoms with E-state index in [4.69, 9.17) is 14.4 Å². The van der Waals surface area contributed by atoms with Gasteiger partial charge in [-0.05, 0) is 19.4 Å². The van der Waals surface area contributed by atoms with Gasteiger partial charge in [0.2, 0.25) is 5.71 Å². The molecule has 210 valence electrons. The minimum Gasteiger partial charge on any atom is -0.437 e. The van der Waals surface area contributed by atoms with Gasteiger partial charge in [-0.15, -0.1) is 0 Å². The van der Waals surface area contributed by atoms with Crippen LogP contribution < -0.4 is 11.1 Å². The summed E-state index contributed by atoms with van der Waals surface area (Å²) in [5, 5.41) is 1.05. The molecule has 7 nitrogen and oxygen atoms in total. The third-order valence-electron chi connectivity index (χ3n) is 8.88. The van der Waals surface area contributed by atoms with Crippen molar-refractivity contribution in [3.8, 4) is 45.0 Å². The van der Waals surface area contributed by atoms with E-state index in [1.165, 1.54) is 4.52 Å². The quantitative estimate of drug-likeness (QED) is 0.224. The highest BCUT2D eigenvalue weighted by molar-refractivity contribution is 6.09. The summed E-state index contributed by atoms with van der Waals surface area (Å²) in [4.78, 5) is 38.6. The van der Waals surface area contributed by atoms with Crippen molar-refractivity contribution in [1.82, 2.24) is 19.0 Å². The highest BCUT2D eigenvalue weighted by atomic mass is 16.3. The van der Waals surface area contributed by atoms with E-state index in [2.05, 4.69) is 0 Å². The second-order valence-electron chi connectivity index (χ2n) is 11.8. The number of hydrogen-bond donors (Lipinski definition) is 0. The average Bonchev–Trinajstić information content (AvgIpc) is 3.75. The van der Waals surface area contributed by atoms with Crippen LogP contribution in [0.15, 0.2) is 123 Å². The highest BCUT2D eigenvalue weighted by Gasteiger charge is 2.46. The molecular formula is C37H24N4O3. The third-order valence-corrected chi connectivity index (χ3v) is 8.88. The molecule has 1 aliphatic carbocycles. The van der Waals surface area contributed by atoms with Gasteiger partial charge in [0.15, 0.2) is 5.82 Å². The Kier molecular flexibility index (Phi) is 4.84. The summed E-state index contributed by atoms with van der Waals surface area (Å²) in [6.07, 6.45) is 0. The molecule has 0 radical (unpaired) electrons. The van der Waals surface area contributed by atoms with Gasteiger partial charge in [-0.25, -0.2) is 14.5 Å². The minimum absolute atomic E-state index is 0.335. The Morgan fingerprint density at radius 2 is 1.30 bits per heavy atom. The molecule has 0 aliphatic heterocycles. The fourth-order valence-corrected chi connectivity index (χ4v) is 6.86. The molecule has 0 bridgehead atoms. The van der Waals surface area contributed by atoms with Crippen molar-refractivity contribution in [2.75, 3.05) is 0 Å². The molecule has 0 fully saturated rings. The molecular weight excluding hydrogens is 548 g/mol. The Hall–Kier alpha value is -5.82. The van der Waals surface area contributed by atoms with Gasteiger partial charge in [-0.1, -0.05) is 109 Å². The van der Waals surface area contributed by atoms with E-state index >= 15 is 0 Å². The number of benzene rings is 4. The lowest BCUT2D eigenvalue weighted by molar-refractivity contribution is 0.621. The van der Waals surface area contributed by atoms with E-state index < -0.39 is 11.0 Å². The molecule has 8 aromatic rings. The topological polar surface area (TPSA) is 81.9 Å². The molecule has 4 heterocycles. The van der Waals surface area contributed by atoms with Crippen LogP contribution in [0.1, 0.15) is 25.1 Å². The Morgan fingerprint density at radius 1 is 0.659 bits per heavy atom. The van der Waals surface area contributed by atoms with Crippen molar-refractivity contribution >= 4 is 22.1 Å². The van der Waals surface area contributed by atoms with E-state index in [1.54, 1.807) is 4.52 Å². The molecule has 0 amide bonds. The van der Waals surface area contributed by atoms with E-state index in [0.29, 0.717) is 44.8 Å². The molecule has 1 aliphatic rings. The second kappa shape index (κ2) is 8.61. The van der Waals surface area contributed by atoms with Crippen LogP contribution in [0.25, 0.3) is 67.1 Å². The average molecular weight is 573 g/mol. The van der Waals surface area contributed by atoms with Crippen LogP contribution in [0.3, 0.4) is 0 Å². The molecule has 44 heavy (non-hydrogen) atoms. The molecule has 0 N–H and O–H groups in total. The van der Waals surface area contributed by atoms with Crippen LogP contribution in [0.4, 0.5) is 0 Å². The van der Waals surface area contributed by atoms with Crippen molar-refractivity contribution in [1.29, 1.82) is 0 Å². The lowest BCUT2D eigenvalue weighted by atomic mass is 9.86. The Labute approximate surface area is 250 Å². The monoisotopic (exact) mass is 572 g/mol. The van der Waals surface area contributed by atoms with E-state index in [0.717, 1.165) is 33.5 Å².